The number of hydrogen-bond donors (Lipinski definition) is 1. The van der Waals surface area contributed by atoms with Crippen molar-refractivity contribution in [2.45, 2.75) is 50.7 Å². The zero-order valence-electron chi connectivity index (χ0n) is 12.8. The molecule has 1 saturated carbocycles. The number of ether oxygens (including phenoxy) is 2. The number of benzene rings is 1. The highest BCUT2D eigenvalue weighted by atomic mass is 19.1. The first kappa shape index (κ1) is 15.1. The van der Waals surface area contributed by atoms with Gasteiger partial charge in [-0.05, 0) is 38.8 Å². The highest BCUT2D eigenvalue weighted by molar-refractivity contribution is 5.51. The van der Waals surface area contributed by atoms with E-state index in [-0.39, 0.29) is 0 Å². The average Bonchev–Trinajstić information content (AvgIpc) is 2.84. The molecule has 20 heavy (non-hydrogen) atoms. The Kier molecular flexibility index (Phi) is 3.96. The Morgan fingerprint density at radius 2 is 1.65 bits per heavy atom. The molecule has 1 aliphatic rings. The van der Waals surface area contributed by atoms with E-state index in [0.717, 1.165) is 31.2 Å². The molecule has 3 nitrogen and oxygen atoms in total. The van der Waals surface area contributed by atoms with E-state index in [9.17, 15) is 4.39 Å². The Morgan fingerprint density at radius 1 is 1.10 bits per heavy atom. The van der Waals surface area contributed by atoms with E-state index in [1.54, 1.807) is 20.3 Å². The number of methoxy groups -OCH3 is 2. The lowest BCUT2D eigenvalue weighted by Gasteiger charge is -2.29. The summed E-state index contributed by atoms with van der Waals surface area (Å²) >= 11 is 0. The molecule has 1 fully saturated rings. The first-order valence-electron chi connectivity index (χ1n) is 7.06. The van der Waals surface area contributed by atoms with Gasteiger partial charge in [0.05, 0.1) is 14.2 Å². The fourth-order valence-electron chi connectivity index (χ4n) is 3.03. The molecule has 4 heteroatoms. The second kappa shape index (κ2) is 5.24. The molecule has 0 heterocycles. The molecule has 1 aromatic carbocycles. The van der Waals surface area contributed by atoms with Gasteiger partial charge in [-0.3, -0.25) is 0 Å². The summed E-state index contributed by atoms with van der Waals surface area (Å²) in [5, 5.41) is 0. The van der Waals surface area contributed by atoms with Crippen LogP contribution in [0.5, 0.6) is 11.5 Å². The van der Waals surface area contributed by atoms with Gasteiger partial charge in [-0.2, -0.15) is 0 Å². The third-order valence-corrected chi connectivity index (χ3v) is 4.19. The Balaban J connectivity index is 2.59. The third kappa shape index (κ3) is 2.62. The smallest absolute Gasteiger partial charge is 0.134 e. The highest BCUT2D eigenvalue weighted by Crippen LogP contribution is 2.45. The molecule has 0 atom stereocenters. The molecule has 0 spiro atoms. The van der Waals surface area contributed by atoms with Crippen LogP contribution < -0.4 is 15.2 Å². The normalized spacial score (nSPS) is 18.1. The van der Waals surface area contributed by atoms with Crippen LogP contribution in [0.1, 0.15) is 50.7 Å². The summed E-state index contributed by atoms with van der Waals surface area (Å²) in [5.41, 5.74) is 6.03. The van der Waals surface area contributed by atoms with Crippen LogP contribution in [-0.4, -0.2) is 14.2 Å². The molecule has 0 unspecified atom stereocenters. The van der Waals surface area contributed by atoms with Crippen LogP contribution in [0.15, 0.2) is 12.1 Å². The van der Waals surface area contributed by atoms with Crippen molar-refractivity contribution in [1.82, 2.24) is 0 Å². The maximum atomic E-state index is 14.3. The monoisotopic (exact) mass is 281 g/mol. The maximum Gasteiger partial charge on any atom is 0.134 e. The minimum Gasteiger partial charge on any atom is -0.496 e. The summed E-state index contributed by atoms with van der Waals surface area (Å²) in [6.45, 7) is 3.02. The van der Waals surface area contributed by atoms with Gasteiger partial charge in [-0.15, -0.1) is 0 Å². The largest absolute Gasteiger partial charge is 0.496 e. The number of alkyl halides is 1. The second-order valence-electron chi connectivity index (χ2n) is 6.09. The molecule has 0 saturated heterocycles. The molecule has 2 N–H and O–H groups in total. The van der Waals surface area contributed by atoms with Crippen LogP contribution in [0.4, 0.5) is 4.39 Å². The van der Waals surface area contributed by atoms with Crippen molar-refractivity contribution in [2.24, 2.45) is 5.73 Å². The Hall–Kier alpha value is -1.29. The maximum absolute atomic E-state index is 14.3. The van der Waals surface area contributed by atoms with Crippen molar-refractivity contribution in [2.75, 3.05) is 14.2 Å². The summed E-state index contributed by atoms with van der Waals surface area (Å²) in [7, 11) is 3.15. The standard InChI is InChI=1S/C16H24FNO2/c1-15(2,17)11-9-14(20-4)12(10-13(11)19-3)16(18)7-5-6-8-16/h9-10H,5-8,18H2,1-4H3. The van der Waals surface area contributed by atoms with Gasteiger partial charge in [0.2, 0.25) is 0 Å². The van der Waals surface area contributed by atoms with Crippen molar-refractivity contribution in [1.29, 1.82) is 0 Å². The predicted octanol–water partition coefficient (Wildman–Crippen LogP) is 3.64. The molecule has 0 radical (unpaired) electrons. The van der Waals surface area contributed by atoms with Gasteiger partial charge in [-0.25, -0.2) is 4.39 Å². The number of rotatable bonds is 4. The zero-order valence-corrected chi connectivity index (χ0v) is 12.8. The minimum atomic E-state index is -1.49. The van der Waals surface area contributed by atoms with Gasteiger partial charge in [0.1, 0.15) is 17.2 Å². The lowest BCUT2D eigenvalue weighted by Crippen LogP contribution is -2.33. The summed E-state index contributed by atoms with van der Waals surface area (Å²) in [4.78, 5) is 0. The van der Waals surface area contributed by atoms with E-state index >= 15 is 0 Å². The van der Waals surface area contributed by atoms with E-state index in [1.807, 2.05) is 6.07 Å². The van der Waals surface area contributed by atoms with Crippen LogP contribution in [-0.2, 0) is 11.2 Å². The van der Waals surface area contributed by atoms with Gasteiger partial charge in [0.25, 0.3) is 0 Å². The minimum absolute atomic E-state index is 0.391. The van der Waals surface area contributed by atoms with Gasteiger partial charge < -0.3 is 15.2 Å². The summed E-state index contributed by atoms with van der Waals surface area (Å²) in [6.07, 6.45) is 4.06. The lowest BCUT2D eigenvalue weighted by molar-refractivity contribution is 0.212. The SMILES string of the molecule is COc1cc(C2(N)CCCC2)c(OC)cc1C(C)(C)F. The van der Waals surface area contributed by atoms with Crippen molar-refractivity contribution in [3.05, 3.63) is 23.3 Å². The molecule has 0 aliphatic heterocycles. The van der Waals surface area contributed by atoms with Gasteiger partial charge in [-0.1, -0.05) is 12.8 Å². The Labute approximate surface area is 120 Å². The van der Waals surface area contributed by atoms with Crippen LogP contribution in [0.3, 0.4) is 0 Å². The number of halogens is 1. The molecule has 0 aromatic heterocycles. The van der Waals surface area contributed by atoms with E-state index in [4.69, 9.17) is 15.2 Å². The second-order valence-corrected chi connectivity index (χ2v) is 6.09. The molecule has 1 aromatic rings. The van der Waals surface area contributed by atoms with E-state index < -0.39 is 11.2 Å². The summed E-state index contributed by atoms with van der Waals surface area (Å²) in [6, 6.07) is 3.57. The number of hydrogen-bond acceptors (Lipinski definition) is 3. The molecule has 2 rings (SSSR count). The Morgan fingerprint density at radius 3 is 2.10 bits per heavy atom. The summed E-state index contributed by atoms with van der Waals surface area (Å²) in [5.74, 6) is 1.18. The Bertz CT molecular complexity index is 488. The van der Waals surface area contributed by atoms with E-state index in [0.29, 0.717) is 17.1 Å². The molecule has 112 valence electrons. The molecular formula is C16H24FNO2. The number of nitrogens with two attached hydrogens (primary N) is 1. The van der Waals surface area contributed by atoms with Crippen LogP contribution in [0, 0.1) is 0 Å². The predicted molar refractivity (Wildman–Crippen MR) is 78.0 cm³/mol. The van der Waals surface area contributed by atoms with Crippen molar-refractivity contribution in [3.63, 3.8) is 0 Å². The van der Waals surface area contributed by atoms with E-state index in [1.165, 1.54) is 13.8 Å². The first-order valence-corrected chi connectivity index (χ1v) is 7.06. The lowest BCUT2D eigenvalue weighted by atomic mass is 9.86. The molecule has 0 bridgehead atoms. The molecular weight excluding hydrogens is 257 g/mol. The van der Waals surface area contributed by atoms with Crippen LogP contribution in [0.2, 0.25) is 0 Å². The van der Waals surface area contributed by atoms with E-state index in [2.05, 4.69) is 0 Å². The fraction of sp³-hybridized carbons (Fsp3) is 0.625. The van der Waals surface area contributed by atoms with Crippen LogP contribution in [0.25, 0.3) is 0 Å². The van der Waals surface area contributed by atoms with Crippen molar-refractivity contribution < 1.29 is 13.9 Å². The van der Waals surface area contributed by atoms with Crippen molar-refractivity contribution in [3.8, 4) is 11.5 Å². The van der Waals surface area contributed by atoms with Gasteiger partial charge in [0, 0.05) is 16.7 Å². The fourth-order valence-corrected chi connectivity index (χ4v) is 3.03. The molecule has 0 amide bonds. The van der Waals surface area contributed by atoms with Crippen LogP contribution >= 0.6 is 0 Å². The van der Waals surface area contributed by atoms with Gasteiger partial charge >= 0.3 is 0 Å². The quantitative estimate of drug-likeness (QED) is 0.916. The summed E-state index contributed by atoms with van der Waals surface area (Å²) < 4.78 is 25.1. The topological polar surface area (TPSA) is 44.5 Å². The van der Waals surface area contributed by atoms with Gasteiger partial charge in [0.15, 0.2) is 0 Å². The zero-order chi connectivity index (χ0) is 15.0. The van der Waals surface area contributed by atoms with Crippen molar-refractivity contribution >= 4 is 0 Å². The average molecular weight is 281 g/mol. The molecule has 1 aliphatic carbocycles. The first-order chi connectivity index (χ1) is 9.31. The third-order valence-electron chi connectivity index (χ3n) is 4.19. The highest BCUT2D eigenvalue weighted by Gasteiger charge is 2.36.